The minimum absolute atomic E-state index is 0.130. The fraction of sp³-hybridized carbons (Fsp3) is 1.00. The molecule has 1 aliphatic carbocycles. The molecule has 0 bridgehead atoms. The van der Waals surface area contributed by atoms with E-state index < -0.39 is 5.79 Å². The van der Waals surface area contributed by atoms with E-state index >= 15 is 0 Å². The fourth-order valence-electron chi connectivity index (χ4n) is 3.34. The monoisotopic (exact) mass is 256 g/mol. The molecule has 0 radical (unpaired) electrons. The molecule has 2 aliphatic rings. The summed E-state index contributed by atoms with van der Waals surface area (Å²) in [6.45, 7) is 6.25. The topological polar surface area (TPSA) is 38.7 Å². The van der Waals surface area contributed by atoms with E-state index in [9.17, 15) is 5.11 Å². The third kappa shape index (κ3) is 3.46. The molecule has 1 N–H and O–H groups in total. The van der Waals surface area contributed by atoms with Crippen LogP contribution in [0.25, 0.3) is 0 Å². The Labute approximate surface area is 111 Å². The third-order valence-corrected chi connectivity index (χ3v) is 4.43. The Morgan fingerprint density at radius 1 is 1.17 bits per heavy atom. The first kappa shape index (κ1) is 14.3. The third-order valence-electron chi connectivity index (χ3n) is 4.43. The van der Waals surface area contributed by atoms with Gasteiger partial charge in [0, 0.05) is 18.9 Å². The first-order valence-corrected chi connectivity index (χ1v) is 7.48. The highest BCUT2D eigenvalue weighted by atomic mass is 16.7. The van der Waals surface area contributed by atoms with Crippen LogP contribution in [-0.4, -0.2) is 29.7 Å². The Morgan fingerprint density at radius 3 is 2.44 bits per heavy atom. The molecule has 0 unspecified atom stereocenters. The van der Waals surface area contributed by atoms with Gasteiger partial charge in [0.15, 0.2) is 5.79 Å². The van der Waals surface area contributed by atoms with Gasteiger partial charge in [0.1, 0.15) is 0 Å². The van der Waals surface area contributed by atoms with Crippen LogP contribution in [0, 0.1) is 11.8 Å². The molecule has 2 fully saturated rings. The summed E-state index contributed by atoms with van der Waals surface area (Å²) in [6, 6.07) is 0. The maximum Gasteiger partial charge on any atom is 0.163 e. The first-order chi connectivity index (χ1) is 8.52. The van der Waals surface area contributed by atoms with Crippen molar-refractivity contribution in [2.45, 2.75) is 77.3 Å². The normalized spacial score (nSPS) is 35.3. The van der Waals surface area contributed by atoms with Crippen LogP contribution < -0.4 is 0 Å². The Balaban J connectivity index is 2.01. The molecule has 106 valence electrons. The number of hydrogen-bond donors (Lipinski definition) is 1. The maximum absolute atomic E-state index is 9.33. The van der Waals surface area contributed by atoms with Crippen molar-refractivity contribution >= 4 is 0 Å². The van der Waals surface area contributed by atoms with E-state index in [0.717, 1.165) is 6.42 Å². The smallest absolute Gasteiger partial charge is 0.163 e. The van der Waals surface area contributed by atoms with Gasteiger partial charge in [0.25, 0.3) is 0 Å². The van der Waals surface area contributed by atoms with Crippen LogP contribution >= 0.6 is 0 Å². The lowest BCUT2D eigenvalue weighted by Gasteiger charge is -2.45. The molecule has 0 aromatic heterocycles. The zero-order valence-corrected chi connectivity index (χ0v) is 12.0. The summed E-state index contributed by atoms with van der Waals surface area (Å²) in [7, 11) is 0. The van der Waals surface area contributed by atoms with Gasteiger partial charge >= 0.3 is 0 Å². The molecule has 0 spiro atoms. The van der Waals surface area contributed by atoms with Gasteiger partial charge in [0.05, 0.1) is 12.2 Å². The van der Waals surface area contributed by atoms with Crippen molar-refractivity contribution < 1.29 is 14.6 Å². The summed E-state index contributed by atoms with van der Waals surface area (Å²) in [6.07, 6.45) is 8.02. The van der Waals surface area contributed by atoms with Crippen LogP contribution in [0.3, 0.4) is 0 Å². The largest absolute Gasteiger partial charge is 0.396 e. The maximum atomic E-state index is 9.33. The van der Waals surface area contributed by atoms with Crippen LogP contribution in [0.2, 0.25) is 0 Å². The van der Waals surface area contributed by atoms with Gasteiger partial charge in [-0.1, -0.05) is 26.2 Å². The van der Waals surface area contributed by atoms with E-state index in [1.807, 2.05) is 13.8 Å². The van der Waals surface area contributed by atoms with Crippen LogP contribution in [0.15, 0.2) is 0 Å². The van der Waals surface area contributed by atoms with Crippen LogP contribution in [0.4, 0.5) is 0 Å². The molecule has 18 heavy (non-hydrogen) atoms. The minimum atomic E-state index is -0.505. The van der Waals surface area contributed by atoms with Crippen molar-refractivity contribution in [1.82, 2.24) is 0 Å². The quantitative estimate of drug-likeness (QED) is 0.843. The Kier molecular flexibility index (Phi) is 4.68. The zero-order valence-electron chi connectivity index (χ0n) is 12.0. The Bertz CT molecular complexity index is 258. The molecule has 3 atom stereocenters. The summed E-state index contributed by atoms with van der Waals surface area (Å²) in [5, 5.41) is 9.33. The number of aliphatic hydroxyl groups excluding tert-OH is 1. The summed E-state index contributed by atoms with van der Waals surface area (Å²) < 4.78 is 12.1. The van der Waals surface area contributed by atoms with Gasteiger partial charge in [0.2, 0.25) is 0 Å². The van der Waals surface area contributed by atoms with E-state index in [0.29, 0.717) is 12.0 Å². The van der Waals surface area contributed by atoms with Crippen molar-refractivity contribution in [1.29, 1.82) is 0 Å². The molecule has 0 aromatic carbocycles. The van der Waals surface area contributed by atoms with Gasteiger partial charge < -0.3 is 14.6 Å². The highest BCUT2D eigenvalue weighted by Crippen LogP contribution is 2.38. The lowest BCUT2D eigenvalue weighted by Crippen LogP contribution is -2.49. The summed E-state index contributed by atoms with van der Waals surface area (Å²) in [4.78, 5) is 0. The van der Waals surface area contributed by atoms with Gasteiger partial charge in [-0.15, -0.1) is 0 Å². The van der Waals surface area contributed by atoms with Crippen LogP contribution in [-0.2, 0) is 9.47 Å². The van der Waals surface area contributed by atoms with Crippen molar-refractivity contribution in [3.8, 4) is 0 Å². The molecule has 1 saturated carbocycles. The zero-order chi connectivity index (χ0) is 13.2. The van der Waals surface area contributed by atoms with Gasteiger partial charge in [-0.25, -0.2) is 0 Å². The second kappa shape index (κ2) is 5.89. The molecule has 1 heterocycles. The molecule has 3 nitrogen and oxygen atoms in total. The molecule has 1 aliphatic heterocycles. The Morgan fingerprint density at radius 2 is 1.83 bits per heavy atom. The average molecular weight is 256 g/mol. The molecule has 3 heteroatoms. The van der Waals surface area contributed by atoms with Crippen molar-refractivity contribution in [2.75, 3.05) is 6.61 Å². The van der Waals surface area contributed by atoms with E-state index in [4.69, 9.17) is 9.47 Å². The Hall–Kier alpha value is -0.120. The second-order valence-electron chi connectivity index (χ2n) is 6.51. The SMILES string of the molecule is C[C@@H](CO)[C@H]1C[C@@H](C2CCCCC2)OC(C)(C)O1. The molecule has 0 aromatic rings. The standard InChI is InChI=1S/C15H28O3/c1-11(10-16)13-9-14(18-15(2,3)17-13)12-7-5-4-6-8-12/h11-14,16H,4-10H2,1-3H3/t11-,13+,14-/m0/s1. The average Bonchev–Trinajstić information content (AvgIpc) is 2.37. The van der Waals surface area contributed by atoms with E-state index in [1.165, 1.54) is 32.1 Å². The van der Waals surface area contributed by atoms with E-state index in [1.54, 1.807) is 0 Å². The van der Waals surface area contributed by atoms with E-state index in [-0.39, 0.29) is 18.6 Å². The fourth-order valence-corrected chi connectivity index (χ4v) is 3.34. The molecular formula is C15H28O3. The lowest BCUT2D eigenvalue weighted by atomic mass is 9.81. The molecule has 2 rings (SSSR count). The lowest BCUT2D eigenvalue weighted by molar-refractivity contribution is -0.317. The predicted octanol–water partition coefficient (Wildman–Crippen LogP) is 3.11. The van der Waals surface area contributed by atoms with Crippen molar-refractivity contribution in [3.05, 3.63) is 0 Å². The number of aliphatic hydroxyl groups is 1. The van der Waals surface area contributed by atoms with Gasteiger partial charge in [-0.05, 0) is 32.6 Å². The molecule has 0 amide bonds. The summed E-state index contributed by atoms with van der Waals surface area (Å²) in [5.41, 5.74) is 0. The summed E-state index contributed by atoms with van der Waals surface area (Å²) in [5.74, 6) is 0.378. The van der Waals surface area contributed by atoms with Crippen molar-refractivity contribution in [2.24, 2.45) is 11.8 Å². The molecular weight excluding hydrogens is 228 g/mol. The molecule has 1 saturated heterocycles. The van der Waals surface area contributed by atoms with E-state index in [2.05, 4.69) is 6.92 Å². The minimum Gasteiger partial charge on any atom is -0.396 e. The highest BCUT2D eigenvalue weighted by Gasteiger charge is 2.40. The predicted molar refractivity (Wildman–Crippen MR) is 71.3 cm³/mol. The number of hydrogen-bond acceptors (Lipinski definition) is 3. The van der Waals surface area contributed by atoms with Crippen LogP contribution in [0.1, 0.15) is 59.3 Å². The number of rotatable bonds is 3. The first-order valence-electron chi connectivity index (χ1n) is 7.48. The van der Waals surface area contributed by atoms with Gasteiger partial charge in [-0.3, -0.25) is 0 Å². The van der Waals surface area contributed by atoms with Crippen molar-refractivity contribution in [3.63, 3.8) is 0 Å². The number of ether oxygens (including phenoxy) is 2. The highest BCUT2D eigenvalue weighted by molar-refractivity contribution is 4.84. The van der Waals surface area contributed by atoms with Gasteiger partial charge in [-0.2, -0.15) is 0 Å². The van der Waals surface area contributed by atoms with Crippen LogP contribution in [0.5, 0.6) is 0 Å². The second-order valence-corrected chi connectivity index (χ2v) is 6.51. The summed E-state index contributed by atoms with van der Waals surface area (Å²) >= 11 is 0.